The second-order valence-electron chi connectivity index (χ2n) is 4.44. The highest BCUT2D eigenvalue weighted by atomic mass is 32.2. The SMILES string of the molecule is CCC1CCCc2c(S(=O)(=O)NC)nc(C)n21. The van der Waals surface area contributed by atoms with Crippen molar-refractivity contribution in [1.82, 2.24) is 14.3 Å². The number of fused-ring (bicyclic) bond motifs is 1. The first-order chi connectivity index (χ1) is 8.01. The summed E-state index contributed by atoms with van der Waals surface area (Å²) in [6.45, 7) is 4.01. The lowest BCUT2D eigenvalue weighted by Gasteiger charge is -2.26. The van der Waals surface area contributed by atoms with Crippen molar-refractivity contribution in [3.8, 4) is 0 Å². The van der Waals surface area contributed by atoms with Crippen molar-refractivity contribution in [2.24, 2.45) is 0 Å². The number of nitrogens with one attached hydrogen (secondary N) is 1. The maximum Gasteiger partial charge on any atom is 0.259 e. The minimum Gasteiger partial charge on any atom is -0.328 e. The molecule has 2 rings (SSSR count). The van der Waals surface area contributed by atoms with Gasteiger partial charge in [-0.05, 0) is 39.7 Å². The van der Waals surface area contributed by atoms with Crippen LogP contribution in [0.1, 0.15) is 43.7 Å². The topological polar surface area (TPSA) is 64.0 Å². The van der Waals surface area contributed by atoms with Crippen LogP contribution in [-0.2, 0) is 16.4 Å². The van der Waals surface area contributed by atoms with Crippen LogP contribution in [0.5, 0.6) is 0 Å². The van der Waals surface area contributed by atoms with Crippen LogP contribution >= 0.6 is 0 Å². The number of aryl methyl sites for hydroxylation is 1. The molecule has 2 heterocycles. The Hall–Kier alpha value is -0.880. The number of nitrogens with zero attached hydrogens (tertiary/aromatic N) is 2. The van der Waals surface area contributed by atoms with Crippen LogP contribution in [0.4, 0.5) is 0 Å². The third kappa shape index (κ3) is 1.99. The number of rotatable bonds is 3. The second-order valence-corrected chi connectivity index (χ2v) is 6.24. The van der Waals surface area contributed by atoms with Gasteiger partial charge in [-0.3, -0.25) is 0 Å². The first kappa shape index (κ1) is 12.6. The van der Waals surface area contributed by atoms with Gasteiger partial charge < -0.3 is 4.57 Å². The average Bonchev–Trinajstić information content (AvgIpc) is 2.68. The van der Waals surface area contributed by atoms with Gasteiger partial charge in [0.1, 0.15) is 5.82 Å². The quantitative estimate of drug-likeness (QED) is 0.890. The highest BCUT2D eigenvalue weighted by molar-refractivity contribution is 7.89. The molecule has 0 bridgehead atoms. The van der Waals surface area contributed by atoms with E-state index in [1.165, 1.54) is 7.05 Å². The fraction of sp³-hybridized carbons (Fsp3) is 0.727. The standard InChI is InChI=1S/C11H19N3O2S/c1-4-9-6-5-7-10-11(17(15,16)12-3)13-8(2)14(9)10/h9,12H,4-7H2,1-3H3. The molecule has 1 aliphatic rings. The van der Waals surface area contributed by atoms with Crippen molar-refractivity contribution < 1.29 is 8.42 Å². The lowest BCUT2D eigenvalue weighted by Crippen LogP contribution is -2.23. The predicted octanol–water partition coefficient (Wildman–Crippen LogP) is 1.39. The summed E-state index contributed by atoms with van der Waals surface area (Å²) in [5, 5.41) is 0.218. The molecule has 1 N–H and O–H groups in total. The van der Waals surface area contributed by atoms with Crippen molar-refractivity contribution in [1.29, 1.82) is 0 Å². The zero-order chi connectivity index (χ0) is 12.6. The summed E-state index contributed by atoms with van der Waals surface area (Å²) >= 11 is 0. The Bertz CT molecular complexity index is 519. The van der Waals surface area contributed by atoms with E-state index in [1.54, 1.807) is 0 Å². The fourth-order valence-corrected chi connectivity index (χ4v) is 3.56. The molecule has 96 valence electrons. The van der Waals surface area contributed by atoms with Crippen molar-refractivity contribution in [2.45, 2.75) is 50.6 Å². The molecule has 1 atom stereocenters. The molecular weight excluding hydrogens is 238 g/mol. The Morgan fingerprint density at radius 2 is 2.24 bits per heavy atom. The molecule has 0 aromatic carbocycles. The van der Waals surface area contributed by atoms with E-state index in [0.29, 0.717) is 6.04 Å². The van der Waals surface area contributed by atoms with Gasteiger partial charge in [-0.1, -0.05) is 6.92 Å². The van der Waals surface area contributed by atoms with Gasteiger partial charge in [-0.25, -0.2) is 18.1 Å². The molecule has 6 heteroatoms. The maximum absolute atomic E-state index is 11.9. The summed E-state index contributed by atoms with van der Waals surface area (Å²) in [6.07, 6.45) is 3.96. The Morgan fingerprint density at radius 1 is 1.53 bits per heavy atom. The minimum atomic E-state index is -3.43. The molecule has 0 aliphatic carbocycles. The molecule has 17 heavy (non-hydrogen) atoms. The fourth-order valence-electron chi connectivity index (χ4n) is 2.61. The lowest BCUT2D eigenvalue weighted by molar-refractivity contribution is 0.382. The number of hydrogen-bond acceptors (Lipinski definition) is 3. The number of sulfonamides is 1. The van der Waals surface area contributed by atoms with E-state index >= 15 is 0 Å². The van der Waals surface area contributed by atoms with Gasteiger partial charge in [0.05, 0.1) is 5.69 Å². The van der Waals surface area contributed by atoms with Crippen molar-refractivity contribution >= 4 is 10.0 Å². The molecular formula is C11H19N3O2S. The summed E-state index contributed by atoms with van der Waals surface area (Å²) in [4.78, 5) is 4.25. The second kappa shape index (κ2) is 4.42. The highest BCUT2D eigenvalue weighted by Gasteiger charge is 2.29. The molecule has 1 aromatic rings. The zero-order valence-corrected chi connectivity index (χ0v) is 11.3. The molecule has 5 nitrogen and oxygen atoms in total. The molecule has 1 aromatic heterocycles. The number of aromatic nitrogens is 2. The molecule has 0 saturated carbocycles. The zero-order valence-electron chi connectivity index (χ0n) is 10.5. The van der Waals surface area contributed by atoms with E-state index in [0.717, 1.165) is 37.2 Å². The monoisotopic (exact) mass is 257 g/mol. The van der Waals surface area contributed by atoms with E-state index in [-0.39, 0.29) is 5.03 Å². The average molecular weight is 257 g/mol. The van der Waals surface area contributed by atoms with Crippen LogP contribution < -0.4 is 4.72 Å². The van der Waals surface area contributed by atoms with E-state index in [2.05, 4.69) is 21.2 Å². The van der Waals surface area contributed by atoms with E-state index in [1.807, 2.05) is 6.92 Å². The molecule has 1 unspecified atom stereocenters. The van der Waals surface area contributed by atoms with Crippen molar-refractivity contribution in [3.63, 3.8) is 0 Å². The lowest BCUT2D eigenvalue weighted by atomic mass is 10.0. The van der Waals surface area contributed by atoms with E-state index in [4.69, 9.17) is 0 Å². The summed E-state index contributed by atoms with van der Waals surface area (Å²) in [7, 11) is -2.01. The smallest absolute Gasteiger partial charge is 0.259 e. The van der Waals surface area contributed by atoms with Crippen LogP contribution in [0.2, 0.25) is 0 Å². The summed E-state index contributed by atoms with van der Waals surface area (Å²) in [5.74, 6) is 0.806. The predicted molar refractivity (Wildman–Crippen MR) is 65.5 cm³/mol. The van der Waals surface area contributed by atoms with Crippen LogP contribution in [0.3, 0.4) is 0 Å². The van der Waals surface area contributed by atoms with Gasteiger partial charge in [-0.15, -0.1) is 0 Å². The van der Waals surface area contributed by atoms with Gasteiger partial charge in [0, 0.05) is 6.04 Å². The van der Waals surface area contributed by atoms with Crippen molar-refractivity contribution in [2.75, 3.05) is 7.05 Å². The molecule has 0 radical (unpaired) electrons. The number of imidazole rings is 1. The summed E-state index contributed by atoms with van der Waals surface area (Å²) in [5.41, 5.74) is 0.870. The van der Waals surface area contributed by atoms with Gasteiger partial charge in [0.15, 0.2) is 5.03 Å². The van der Waals surface area contributed by atoms with Gasteiger partial charge in [-0.2, -0.15) is 0 Å². The van der Waals surface area contributed by atoms with Crippen molar-refractivity contribution in [3.05, 3.63) is 11.5 Å². The molecule has 0 amide bonds. The van der Waals surface area contributed by atoms with Crippen LogP contribution in [0.15, 0.2) is 5.03 Å². The minimum absolute atomic E-state index is 0.218. The van der Waals surface area contributed by atoms with E-state index < -0.39 is 10.0 Å². The highest BCUT2D eigenvalue weighted by Crippen LogP contribution is 2.32. The Balaban J connectivity index is 2.60. The Kier molecular flexibility index (Phi) is 3.27. The van der Waals surface area contributed by atoms with Crippen LogP contribution in [0.25, 0.3) is 0 Å². The Morgan fingerprint density at radius 3 is 2.82 bits per heavy atom. The van der Waals surface area contributed by atoms with E-state index in [9.17, 15) is 8.42 Å². The van der Waals surface area contributed by atoms with Crippen LogP contribution in [0, 0.1) is 6.92 Å². The third-order valence-corrected chi connectivity index (χ3v) is 4.83. The maximum atomic E-state index is 11.9. The normalized spacial score (nSPS) is 20.3. The van der Waals surface area contributed by atoms with Gasteiger partial charge in [0.2, 0.25) is 0 Å². The molecule has 0 saturated heterocycles. The summed E-state index contributed by atoms with van der Waals surface area (Å²) < 4.78 is 28.2. The van der Waals surface area contributed by atoms with Gasteiger partial charge in [0.25, 0.3) is 10.0 Å². The van der Waals surface area contributed by atoms with Gasteiger partial charge >= 0.3 is 0 Å². The molecule has 0 fully saturated rings. The third-order valence-electron chi connectivity index (χ3n) is 3.46. The first-order valence-electron chi connectivity index (χ1n) is 6.02. The first-order valence-corrected chi connectivity index (χ1v) is 7.50. The Labute approximate surface area is 102 Å². The largest absolute Gasteiger partial charge is 0.328 e. The molecule has 1 aliphatic heterocycles. The number of hydrogen-bond donors (Lipinski definition) is 1. The van der Waals surface area contributed by atoms with Crippen LogP contribution in [-0.4, -0.2) is 25.0 Å². The summed E-state index contributed by atoms with van der Waals surface area (Å²) in [6, 6.07) is 0.395. The molecule has 0 spiro atoms.